The van der Waals surface area contributed by atoms with Gasteiger partial charge in [-0.05, 0) is 42.3 Å². The van der Waals surface area contributed by atoms with Crippen LogP contribution in [0.15, 0.2) is 30.3 Å². The van der Waals surface area contributed by atoms with E-state index >= 15 is 0 Å². The summed E-state index contributed by atoms with van der Waals surface area (Å²) in [6.07, 6.45) is -3.77. The molecular formula is C22H22ClF3N4O3. The van der Waals surface area contributed by atoms with Crippen LogP contribution in [0.3, 0.4) is 0 Å². The van der Waals surface area contributed by atoms with E-state index in [9.17, 15) is 18.0 Å². The summed E-state index contributed by atoms with van der Waals surface area (Å²) in [5, 5.41) is 4.74. The smallest absolute Gasteiger partial charge is 0.421 e. The minimum Gasteiger partial charge on any atom is -0.481 e. The van der Waals surface area contributed by atoms with Gasteiger partial charge in [0, 0.05) is 41.3 Å². The number of halogens is 4. The number of carbonyl (C=O) groups is 1. The first-order chi connectivity index (χ1) is 15.8. The van der Waals surface area contributed by atoms with Gasteiger partial charge in [0.05, 0.1) is 13.2 Å². The molecule has 1 aromatic carbocycles. The largest absolute Gasteiger partial charge is 0.481 e. The number of anilines is 1. The number of methoxy groups -OCH3 is 1. The zero-order valence-electron chi connectivity index (χ0n) is 17.7. The van der Waals surface area contributed by atoms with Crippen molar-refractivity contribution in [1.29, 1.82) is 0 Å². The Morgan fingerprint density at radius 3 is 2.88 bits per heavy atom. The summed E-state index contributed by atoms with van der Waals surface area (Å²) in [4.78, 5) is 20.4. The molecule has 0 radical (unpaired) electrons. The highest BCUT2D eigenvalue weighted by atomic mass is 35.5. The molecule has 0 amide bonds. The molecule has 1 unspecified atom stereocenters. The van der Waals surface area contributed by atoms with Crippen molar-refractivity contribution in [2.45, 2.75) is 18.6 Å². The molecule has 1 aliphatic heterocycles. The molecule has 0 bridgehead atoms. The Kier molecular flexibility index (Phi) is 6.66. The first kappa shape index (κ1) is 23.2. The minimum atomic E-state index is -4.54. The summed E-state index contributed by atoms with van der Waals surface area (Å²) >= 11 is 6.17. The molecule has 3 heterocycles. The number of fused-ring (bicyclic) bond motifs is 3. The van der Waals surface area contributed by atoms with Gasteiger partial charge in [0.2, 0.25) is 5.88 Å². The topological polar surface area (TPSA) is 79.5 Å². The Bertz CT molecular complexity index is 1150. The van der Waals surface area contributed by atoms with Gasteiger partial charge in [-0.25, -0.2) is 0 Å². The molecule has 0 spiro atoms. The van der Waals surface area contributed by atoms with Crippen LogP contribution in [-0.4, -0.2) is 54.7 Å². The highest BCUT2D eigenvalue weighted by Crippen LogP contribution is 2.37. The summed E-state index contributed by atoms with van der Waals surface area (Å²) < 4.78 is 49.0. The van der Waals surface area contributed by atoms with Crippen molar-refractivity contribution in [2.75, 3.05) is 38.7 Å². The van der Waals surface area contributed by atoms with E-state index in [1.54, 1.807) is 0 Å². The maximum atomic E-state index is 13.0. The van der Waals surface area contributed by atoms with E-state index in [1.165, 1.54) is 6.07 Å². The maximum absolute atomic E-state index is 13.0. The molecular weight excluding hydrogens is 461 g/mol. The van der Waals surface area contributed by atoms with Gasteiger partial charge in [0.25, 0.3) is 6.47 Å². The molecule has 1 aliphatic rings. The summed E-state index contributed by atoms with van der Waals surface area (Å²) in [5.41, 5.74) is 2.14. The standard InChI is InChI=1S/C22H22ClF3N4O3/c1-32-21-16(22(24,25)26)3-5-19(29-21)27-7-9-30-8-6-14-15-10-13(23)2-4-17(15)28-20(14)18(30)11-33-12-31/h2-5,10,12,18,28H,6-9,11H2,1H3,(H,27,29). The van der Waals surface area contributed by atoms with Crippen molar-refractivity contribution in [3.63, 3.8) is 0 Å². The molecule has 2 N–H and O–H groups in total. The average molecular weight is 483 g/mol. The highest BCUT2D eigenvalue weighted by molar-refractivity contribution is 6.31. The lowest BCUT2D eigenvalue weighted by atomic mass is 9.97. The van der Waals surface area contributed by atoms with Gasteiger partial charge in [0.1, 0.15) is 18.0 Å². The van der Waals surface area contributed by atoms with Crippen LogP contribution in [0.2, 0.25) is 5.02 Å². The average Bonchev–Trinajstić information content (AvgIpc) is 3.15. The summed E-state index contributed by atoms with van der Waals surface area (Å²) in [6, 6.07) is 7.68. The van der Waals surface area contributed by atoms with Crippen molar-refractivity contribution in [3.05, 3.63) is 52.2 Å². The lowest BCUT2D eigenvalue weighted by Gasteiger charge is -2.35. The fourth-order valence-electron chi connectivity index (χ4n) is 4.21. The third-order valence-electron chi connectivity index (χ3n) is 5.71. The molecule has 0 saturated carbocycles. The van der Waals surface area contributed by atoms with Gasteiger partial charge in [-0.3, -0.25) is 9.69 Å². The van der Waals surface area contributed by atoms with Crippen LogP contribution >= 0.6 is 11.6 Å². The Morgan fingerprint density at radius 1 is 1.33 bits per heavy atom. The van der Waals surface area contributed by atoms with Crippen LogP contribution in [0.5, 0.6) is 5.88 Å². The monoisotopic (exact) mass is 482 g/mol. The molecule has 2 aromatic heterocycles. The zero-order valence-corrected chi connectivity index (χ0v) is 18.5. The predicted octanol–water partition coefficient (Wildman–Crippen LogP) is 4.43. The quantitative estimate of drug-likeness (QED) is 0.462. The number of alkyl halides is 3. The molecule has 176 valence electrons. The molecule has 1 atom stereocenters. The first-order valence-electron chi connectivity index (χ1n) is 10.3. The highest BCUT2D eigenvalue weighted by Gasteiger charge is 2.35. The van der Waals surface area contributed by atoms with Crippen LogP contribution in [0.25, 0.3) is 10.9 Å². The van der Waals surface area contributed by atoms with E-state index in [2.05, 4.69) is 20.2 Å². The molecule has 7 nitrogen and oxygen atoms in total. The lowest BCUT2D eigenvalue weighted by Crippen LogP contribution is -2.40. The normalized spacial score (nSPS) is 16.5. The number of hydrogen-bond acceptors (Lipinski definition) is 6. The van der Waals surface area contributed by atoms with Crippen molar-refractivity contribution >= 4 is 34.8 Å². The number of carbonyl (C=O) groups excluding carboxylic acids is 1. The second-order valence-corrected chi connectivity index (χ2v) is 8.05. The van der Waals surface area contributed by atoms with Crippen molar-refractivity contribution in [1.82, 2.24) is 14.9 Å². The number of H-pyrrole nitrogens is 1. The molecule has 33 heavy (non-hydrogen) atoms. The summed E-state index contributed by atoms with van der Waals surface area (Å²) in [5.74, 6) is -0.206. The van der Waals surface area contributed by atoms with E-state index in [4.69, 9.17) is 21.1 Å². The van der Waals surface area contributed by atoms with E-state index in [0.29, 0.717) is 31.1 Å². The van der Waals surface area contributed by atoms with E-state index in [0.717, 1.165) is 41.8 Å². The third-order valence-corrected chi connectivity index (χ3v) is 5.95. The van der Waals surface area contributed by atoms with E-state index < -0.39 is 17.6 Å². The van der Waals surface area contributed by atoms with Crippen molar-refractivity contribution in [3.8, 4) is 5.88 Å². The molecule has 4 rings (SSSR count). The molecule has 3 aromatic rings. The number of nitrogens with zero attached hydrogens (tertiary/aromatic N) is 2. The zero-order chi connectivity index (χ0) is 23.6. The maximum Gasteiger partial charge on any atom is 0.421 e. The van der Waals surface area contributed by atoms with Crippen LogP contribution < -0.4 is 10.1 Å². The second kappa shape index (κ2) is 9.48. The number of benzene rings is 1. The van der Waals surface area contributed by atoms with Crippen LogP contribution in [0, 0.1) is 0 Å². The van der Waals surface area contributed by atoms with Gasteiger partial charge in [-0.2, -0.15) is 18.2 Å². The molecule has 0 aliphatic carbocycles. The summed E-state index contributed by atoms with van der Waals surface area (Å²) in [7, 11) is 1.15. The Labute approximate surface area is 192 Å². The Morgan fingerprint density at radius 2 is 2.15 bits per heavy atom. The number of pyridine rings is 1. The fourth-order valence-corrected chi connectivity index (χ4v) is 4.39. The predicted molar refractivity (Wildman–Crippen MR) is 118 cm³/mol. The van der Waals surface area contributed by atoms with Crippen LogP contribution in [0.1, 0.15) is 22.9 Å². The summed E-state index contributed by atoms with van der Waals surface area (Å²) in [6.45, 7) is 2.27. The number of aromatic amines is 1. The first-order valence-corrected chi connectivity index (χ1v) is 10.6. The van der Waals surface area contributed by atoms with E-state index in [-0.39, 0.29) is 18.5 Å². The third kappa shape index (κ3) is 4.86. The van der Waals surface area contributed by atoms with Gasteiger partial charge in [-0.15, -0.1) is 0 Å². The van der Waals surface area contributed by atoms with E-state index in [1.807, 2.05) is 18.2 Å². The molecule has 0 fully saturated rings. The van der Waals surface area contributed by atoms with Gasteiger partial charge in [0.15, 0.2) is 0 Å². The minimum absolute atomic E-state index is 0.170. The molecule has 0 saturated heterocycles. The number of ether oxygens (including phenoxy) is 2. The number of aromatic nitrogens is 2. The van der Waals surface area contributed by atoms with Crippen molar-refractivity contribution < 1.29 is 27.4 Å². The lowest BCUT2D eigenvalue weighted by molar-refractivity contribution is -0.139. The number of rotatable bonds is 8. The van der Waals surface area contributed by atoms with Gasteiger partial charge < -0.3 is 19.8 Å². The fraction of sp³-hybridized carbons (Fsp3) is 0.364. The molecule has 11 heteroatoms. The second-order valence-electron chi connectivity index (χ2n) is 7.62. The van der Waals surface area contributed by atoms with Crippen molar-refractivity contribution in [2.24, 2.45) is 0 Å². The SMILES string of the molecule is COc1nc(NCCN2CCc3c([nH]c4ccc(Cl)cc34)C2COC=O)ccc1C(F)(F)F. The number of nitrogens with one attached hydrogen (secondary N) is 2. The van der Waals surface area contributed by atoms with Gasteiger partial charge in [-0.1, -0.05) is 11.6 Å². The Balaban J connectivity index is 1.49. The van der Waals surface area contributed by atoms with Crippen LogP contribution in [0.4, 0.5) is 19.0 Å². The van der Waals surface area contributed by atoms with Crippen LogP contribution in [-0.2, 0) is 22.1 Å². The number of hydrogen-bond donors (Lipinski definition) is 2. The Hall–Kier alpha value is -2.98. The van der Waals surface area contributed by atoms with Gasteiger partial charge >= 0.3 is 6.18 Å².